The molecular formula is C18H17ClF5N3O3S. The summed E-state index contributed by atoms with van der Waals surface area (Å²) in [4.78, 5) is 15.0. The van der Waals surface area contributed by atoms with Crippen molar-refractivity contribution in [3.05, 3.63) is 45.7 Å². The molecule has 3 rings (SSSR count). The van der Waals surface area contributed by atoms with Gasteiger partial charge in [0.2, 0.25) is 0 Å². The second kappa shape index (κ2) is 7.66. The van der Waals surface area contributed by atoms with E-state index >= 15 is 0 Å². The molecule has 6 nitrogen and oxygen atoms in total. The van der Waals surface area contributed by atoms with E-state index < -0.39 is 61.3 Å². The Kier molecular flexibility index (Phi) is 5.76. The molecule has 1 fully saturated rings. The summed E-state index contributed by atoms with van der Waals surface area (Å²) in [6.07, 6.45) is -5.48. The number of anilines is 1. The molecule has 31 heavy (non-hydrogen) atoms. The van der Waals surface area contributed by atoms with Crippen LogP contribution in [0, 0.1) is 13.8 Å². The summed E-state index contributed by atoms with van der Waals surface area (Å²) < 4.78 is 96.1. The molecular weight excluding hydrogens is 469 g/mol. The zero-order chi connectivity index (χ0) is 23.4. The molecule has 1 aromatic carbocycles. The average Bonchev–Trinajstić information content (AvgIpc) is 3.13. The number of carbonyl (C=O) groups excluding carboxylic acids is 1. The average molecular weight is 486 g/mol. The molecule has 1 saturated heterocycles. The topological polar surface area (TPSA) is 82.3 Å². The predicted octanol–water partition coefficient (Wildman–Crippen LogP) is 4.93. The zero-order valence-electron chi connectivity index (χ0n) is 16.2. The maximum atomic E-state index is 14.1. The summed E-state index contributed by atoms with van der Waals surface area (Å²) in [5, 5.41) is -0.526. The number of hydrogen-bond donors (Lipinski definition) is 2. The number of H-pyrrole nitrogens is 1. The highest BCUT2D eigenvalue weighted by Crippen LogP contribution is 2.41. The van der Waals surface area contributed by atoms with Crippen LogP contribution in [0.5, 0.6) is 0 Å². The number of hydrogen-bond acceptors (Lipinski definition) is 3. The van der Waals surface area contributed by atoms with Crippen molar-refractivity contribution in [1.82, 2.24) is 9.88 Å². The fraction of sp³-hybridized carbons (Fsp3) is 0.389. The van der Waals surface area contributed by atoms with Gasteiger partial charge in [-0.05, 0) is 32.4 Å². The molecule has 0 aliphatic carbocycles. The molecule has 0 spiro atoms. The fourth-order valence-corrected chi connectivity index (χ4v) is 5.37. The first-order valence-corrected chi connectivity index (χ1v) is 10.8. The van der Waals surface area contributed by atoms with Gasteiger partial charge >= 0.3 is 12.2 Å². The van der Waals surface area contributed by atoms with Gasteiger partial charge in [0.05, 0.1) is 21.8 Å². The minimum absolute atomic E-state index is 0.0132. The first-order chi connectivity index (χ1) is 14.2. The Hall–Kier alpha value is -2.34. The van der Waals surface area contributed by atoms with Gasteiger partial charge in [0.25, 0.3) is 15.9 Å². The Balaban J connectivity index is 2.12. The second-order valence-corrected chi connectivity index (χ2v) is 9.10. The number of nitrogens with one attached hydrogen (secondary N) is 2. The maximum absolute atomic E-state index is 14.1. The summed E-state index contributed by atoms with van der Waals surface area (Å²) in [7, 11) is -4.83. The number of aryl methyl sites for hydroxylation is 2. The van der Waals surface area contributed by atoms with E-state index in [-0.39, 0.29) is 29.3 Å². The summed E-state index contributed by atoms with van der Waals surface area (Å²) in [5.74, 6) is -1.24. The number of alkyl halides is 5. The van der Waals surface area contributed by atoms with Crippen LogP contribution < -0.4 is 4.72 Å². The molecule has 1 amide bonds. The Bertz CT molecular complexity index is 1150. The number of rotatable bonds is 4. The van der Waals surface area contributed by atoms with Crippen molar-refractivity contribution in [1.29, 1.82) is 0 Å². The molecule has 0 bridgehead atoms. The third-order valence-corrected chi connectivity index (χ3v) is 6.69. The second-order valence-electron chi connectivity index (χ2n) is 7.07. The summed E-state index contributed by atoms with van der Waals surface area (Å²) in [5.41, 5.74) is -2.95. The molecule has 1 aromatic heterocycles. The van der Waals surface area contributed by atoms with E-state index in [1.165, 1.54) is 13.8 Å². The van der Waals surface area contributed by atoms with Gasteiger partial charge < -0.3 is 4.98 Å². The Morgan fingerprint density at radius 2 is 1.87 bits per heavy atom. The first kappa shape index (κ1) is 23.3. The van der Waals surface area contributed by atoms with Crippen molar-refractivity contribution in [3.8, 4) is 0 Å². The molecule has 0 atom stereocenters. The third-order valence-electron chi connectivity index (χ3n) is 4.86. The smallest absolute Gasteiger partial charge is 0.361 e. The Morgan fingerprint density at radius 1 is 1.23 bits per heavy atom. The van der Waals surface area contributed by atoms with E-state index in [4.69, 9.17) is 11.6 Å². The van der Waals surface area contributed by atoms with Crippen LogP contribution in [0.15, 0.2) is 23.1 Å². The molecule has 13 heteroatoms. The number of para-hydroxylation sites is 1. The highest BCUT2D eigenvalue weighted by molar-refractivity contribution is 7.92. The highest BCUT2D eigenvalue weighted by atomic mass is 35.5. The monoisotopic (exact) mass is 485 g/mol. The van der Waals surface area contributed by atoms with Crippen molar-refractivity contribution in [2.75, 3.05) is 11.3 Å². The lowest BCUT2D eigenvalue weighted by Crippen LogP contribution is -2.41. The quantitative estimate of drug-likeness (QED) is 0.475. The number of benzene rings is 1. The van der Waals surface area contributed by atoms with Crippen molar-refractivity contribution < 1.29 is 35.2 Å². The zero-order valence-corrected chi connectivity index (χ0v) is 17.8. The van der Waals surface area contributed by atoms with Gasteiger partial charge in [-0.25, -0.2) is 8.42 Å². The number of halogens is 6. The largest absolute Gasteiger partial charge is 0.418 e. The van der Waals surface area contributed by atoms with Crippen LogP contribution in [0.2, 0.25) is 5.02 Å². The fourth-order valence-electron chi connectivity index (χ4n) is 3.53. The number of sulfonamides is 1. The van der Waals surface area contributed by atoms with Crippen LogP contribution in [-0.2, 0) is 16.2 Å². The van der Waals surface area contributed by atoms with Crippen molar-refractivity contribution in [2.24, 2.45) is 0 Å². The molecule has 0 radical (unpaired) electrons. The van der Waals surface area contributed by atoms with E-state index in [1.807, 2.05) is 0 Å². The van der Waals surface area contributed by atoms with Crippen LogP contribution >= 0.6 is 11.6 Å². The SMILES string of the molecule is Cc1[nH]c(C)c(S(=O)(=O)Nc2c(Cl)cccc2C(F)(F)F)c1C(=O)N1CCCC1(F)F. The van der Waals surface area contributed by atoms with E-state index in [1.54, 1.807) is 4.72 Å². The summed E-state index contributed by atoms with van der Waals surface area (Å²) in [6, 6.07) is -0.773. The van der Waals surface area contributed by atoms with Crippen molar-refractivity contribution >= 4 is 33.2 Å². The normalized spacial score (nSPS) is 16.6. The lowest BCUT2D eigenvalue weighted by Gasteiger charge is -2.24. The number of amides is 1. The predicted molar refractivity (Wildman–Crippen MR) is 103 cm³/mol. The van der Waals surface area contributed by atoms with Gasteiger partial charge in [0.1, 0.15) is 4.90 Å². The maximum Gasteiger partial charge on any atom is 0.418 e. The van der Waals surface area contributed by atoms with Crippen LogP contribution in [0.3, 0.4) is 0 Å². The minimum atomic E-state index is -4.93. The van der Waals surface area contributed by atoms with E-state index in [9.17, 15) is 35.2 Å². The molecule has 2 aromatic rings. The third kappa shape index (κ3) is 4.22. The van der Waals surface area contributed by atoms with E-state index in [0.29, 0.717) is 6.07 Å². The summed E-state index contributed by atoms with van der Waals surface area (Å²) in [6.45, 7) is 2.28. The minimum Gasteiger partial charge on any atom is -0.361 e. The number of aromatic amines is 1. The molecule has 2 N–H and O–H groups in total. The first-order valence-electron chi connectivity index (χ1n) is 8.94. The van der Waals surface area contributed by atoms with Gasteiger partial charge in [0, 0.05) is 24.4 Å². The standard InChI is InChI=1S/C18H17ClF5N3O3S/c1-9-13(16(28)27-8-4-7-17(27,20)21)15(10(2)25-9)31(29,30)26-14-11(18(22,23)24)5-3-6-12(14)19/h3,5-6,25-26H,4,7-8H2,1-2H3. The van der Waals surface area contributed by atoms with Crippen LogP contribution in [0.4, 0.5) is 27.6 Å². The molecule has 0 saturated carbocycles. The lowest BCUT2D eigenvalue weighted by molar-refractivity contribution is -0.136. The number of aromatic nitrogens is 1. The van der Waals surface area contributed by atoms with Crippen LogP contribution in [0.25, 0.3) is 0 Å². The van der Waals surface area contributed by atoms with Gasteiger partial charge in [-0.2, -0.15) is 22.0 Å². The molecule has 0 unspecified atom stereocenters. The van der Waals surface area contributed by atoms with E-state index in [0.717, 1.165) is 12.1 Å². The van der Waals surface area contributed by atoms with E-state index in [2.05, 4.69) is 4.98 Å². The Labute approximate surface area is 179 Å². The number of likely N-dealkylation sites (tertiary alicyclic amines) is 1. The number of carbonyl (C=O) groups is 1. The molecule has 1 aliphatic rings. The number of nitrogens with zero attached hydrogens (tertiary/aromatic N) is 1. The lowest BCUT2D eigenvalue weighted by atomic mass is 10.2. The molecule has 1 aliphatic heterocycles. The van der Waals surface area contributed by atoms with Gasteiger partial charge in [-0.3, -0.25) is 14.4 Å². The Morgan fingerprint density at radius 3 is 2.42 bits per heavy atom. The molecule has 170 valence electrons. The van der Waals surface area contributed by atoms with Crippen LogP contribution in [-0.4, -0.2) is 36.8 Å². The summed E-state index contributed by atoms with van der Waals surface area (Å²) >= 11 is 5.81. The van der Waals surface area contributed by atoms with Gasteiger partial charge in [-0.1, -0.05) is 17.7 Å². The van der Waals surface area contributed by atoms with Crippen LogP contribution in [0.1, 0.15) is 40.2 Å². The molecule has 2 heterocycles. The highest BCUT2D eigenvalue weighted by Gasteiger charge is 2.47. The van der Waals surface area contributed by atoms with Gasteiger partial charge in [0.15, 0.2) is 0 Å². The van der Waals surface area contributed by atoms with Gasteiger partial charge in [-0.15, -0.1) is 0 Å². The van der Waals surface area contributed by atoms with Crippen molar-refractivity contribution in [2.45, 2.75) is 43.8 Å². The van der Waals surface area contributed by atoms with Crippen molar-refractivity contribution in [3.63, 3.8) is 0 Å².